The normalized spacial score (nSPS) is 10.8. The van der Waals surface area contributed by atoms with Crippen LogP contribution in [0.3, 0.4) is 0 Å². The summed E-state index contributed by atoms with van der Waals surface area (Å²) in [6, 6.07) is 7.58. The first kappa shape index (κ1) is 9.97. The summed E-state index contributed by atoms with van der Waals surface area (Å²) in [5.41, 5.74) is 1.61. The summed E-state index contributed by atoms with van der Waals surface area (Å²) in [6.45, 7) is 3.70. The van der Waals surface area contributed by atoms with Crippen LogP contribution in [0.4, 0.5) is 0 Å². The zero-order valence-corrected chi connectivity index (χ0v) is 9.04. The summed E-state index contributed by atoms with van der Waals surface area (Å²) >= 11 is 0. The zero-order valence-electron chi connectivity index (χ0n) is 9.04. The minimum Gasteiger partial charge on any atom is -0.461 e. The largest absolute Gasteiger partial charge is 0.461 e. The van der Waals surface area contributed by atoms with Crippen LogP contribution in [0.25, 0.3) is 11.0 Å². The van der Waals surface area contributed by atoms with Gasteiger partial charge in [-0.3, -0.25) is 4.79 Å². The van der Waals surface area contributed by atoms with E-state index in [-0.39, 0.29) is 5.78 Å². The van der Waals surface area contributed by atoms with Gasteiger partial charge in [-0.05, 0) is 37.6 Å². The quantitative estimate of drug-likeness (QED) is 0.712. The van der Waals surface area contributed by atoms with Crippen molar-refractivity contribution in [2.24, 2.45) is 0 Å². The molecule has 78 valence electrons. The van der Waals surface area contributed by atoms with Crippen molar-refractivity contribution < 1.29 is 9.21 Å². The van der Waals surface area contributed by atoms with Crippen LogP contribution in [0.1, 0.15) is 36.4 Å². The molecule has 0 aliphatic carbocycles. The predicted molar refractivity (Wildman–Crippen MR) is 60.2 cm³/mol. The SMILES string of the molecule is CCCc1cc2cc(C(C)=O)ccc2o1. The van der Waals surface area contributed by atoms with Crippen molar-refractivity contribution >= 4 is 16.8 Å². The summed E-state index contributed by atoms with van der Waals surface area (Å²) in [7, 11) is 0. The molecule has 0 aliphatic rings. The minimum atomic E-state index is 0.0927. The maximum absolute atomic E-state index is 11.2. The third-order valence-corrected chi connectivity index (χ3v) is 2.47. The summed E-state index contributed by atoms with van der Waals surface area (Å²) < 4.78 is 5.63. The maximum atomic E-state index is 11.2. The van der Waals surface area contributed by atoms with E-state index in [2.05, 4.69) is 6.92 Å². The van der Waals surface area contributed by atoms with Crippen LogP contribution in [0.2, 0.25) is 0 Å². The second kappa shape index (κ2) is 3.89. The van der Waals surface area contributed by atoms with E-state index >= 15 is 0 Å². The average Bonchev–Trinajstić information content (AvgIpc) is 2.59. The smallest absolute Gasteiger partial charge is 0.159 e. The molecule has 2 aromatic rings. The number of ketones is 1. The van der Waals surface area contributed by atoms with Crippen molar-refractivity contribution in [1.29, 1.82) is 0 Å². The third kappa shape index (κ3) is 1.94. The lowest BCUT2D eigenvalue weighted by molar-refractivity contribution is 0.101. The lowest BCUT2D eigenvalue weighted by Crippen LogP contribution is -1.89. The van der Waals surface area contributed by atoms with Gasteiger partial charge < -0.3 is 4.42 Å². The van der Waals surface area contributed by atoms with Gasteiger partial charge in [-0.2, -0.15) is 0 Å². The second-order valence-corrected chi connectivity index (χ2v) is 3.77. The lowest BCUT2D eigenvalue weighted by atomic mass is 10.1. The van der Waals surface area contributed by atoms with E-state index in [4.69, 9.17) is 4.42 Å². The monoisotopic (exact) mass is 202 g/mol. The van der Waals surface area contributed by atoms with Crippen LogP contribution < -0.4 is 0 Å². The number of benzene rings is 1. The van der Waals surface area contributed by atoms with Crippen LogP contribution in [-0.4, -0.2) is 5.78 Å². The van der Waals surface area contributed by atoms with Crippen molar-refractivity contribution in [3.63, 3.8) is 0 Å². The van der Waals surface area contributed by atoms with Gasteiger partial charge in [0.2, 0.25) is 0 Å². The number of rotatable bonds is 3. The first-order chi connectivity index (χ1) is 7.20. The van der Waals surface area contributed by atoms with Gasteiger partial charge in [-0.25, -0.2) is 0 Å². The van der Waals surface area contributed by atoms with Crippen LogP contribution in [0, 0.1) is 0 Å². The summed E-state index contributed by atoms with van der Waals surface area (Å²) in [4.78, 5) is 11.2. The molecule has 0 aliphatic heterocycles. The Morgan fingerprint density at radius 2 is 2.13 bits per heavy atom. The Bertz CT molecular complexity index is 494. The molecule has 1 heterocycles. The highest BCUT2D eigenvalue weighted by atomic mass is 16.3. The highest BCUT2D eigenvalue weighted by Gasteiger charge is 2.05. The third-order valence-electron chi connectivity index (χ3n) is 2.47. The van der Waals surface area contributed by atoms with Crippen molar-refractivity contribution in [2.45, 2.75) is 26.7 Å². The number of furan rings is 1. The van der Waals surface area contributed by atoms with Gasteiger partial charge in [0.25, 0.3) is 0 Å². The Balaban J connectivity index is 2.47. The highest BCUT2D eigenvalue weighted by Crippen LogP contribution is 2.21. The van der Waals surface area contributed by atoms with Gasteiger partial charge in [0.1, 0.15) is 11.3 Å². The number of hydrogen-bond donors (Lipinski definition) is 0. The molecule has 0 radical (unpaired) electrons. The molecule has 0 unspecified atom stereocenters. The number of carbonyl (C=O) groups excluding carboxylic acids is 1. The second-order valence-electron chi connectivity index (χ2n) is 3.77. The first-order valence-corrected chi connectivity index (χ1v) is 5.24. The molecule has 0 atom stereocenters. The highest BCUT2D eigenvalue weighted by molar-refractivity contribution is 5.97. The molecule has 2 nitrogen and oxygen atoms in total. The van der Waals surface area contributed by atoms with Crippen molar-refractivity contribution in [1.82, 2.24) is 0 Å². The molecule has 0 fully saturated rings. The fourth-order valence-corrected chi connectivity index (χ4v) is 1.69. The molecule has 1 aromatic carbocycles. The predicted octanol–water partition coefficient (Wildman–Crippen LogP) is 3.59. The fraction of sp³-hybridized carbons (Fsp3) is 0.308. The van der Waals surface area contributed by atoms with E-state index in [9.17, 15) is 4.79 Å². The molecule has 0 saturated heterocycles. The van der Waals surface area contributed by atoms with Gasteiger partial charge in [0.05, 0.1) is 0 Å². The van der Waals surface area contributed by atoms with E-state index < -0.39 is 0 Å². The Hall–Kier alpha value is -1.57. The van der Waals surface area contributed by atoms with Crippen LogP contribution in [-0.2, 0) is 6.42 Å². The number of aryl methyl sites for hydroxylation is 1. The van der Waals surface area contributed by atoms with Crippen molar-refractivity contribution in [2.75, 3.05) is 0 Å². The molecule has 0 N–H and O–H groups in total. The zero-order chi connectivity index (χ0) is 10.8. The molecule has 1 aromatic heterocycles. The average molecular weight is 202 g/mol. The van der Waals surface area contributed by atoms with E-state index in [0.29, 0.717) is 0 Å². The molecular formula is C13H14O2. The maximum Gasteiger partial charge on any atom is 0.159 e. The molecule has 15 heavy (non-hydrogen) atoms. The Labute approximate surface area is 88.9 Å². The lowest BCUT2D eigenvalue weighted by Gasteiger charge is -1.93. The Kier molecular flexibility index (Phi) is 2.58. The minimum absolute atomic E-state index is 0.0927. The molecular weight excluding hydrogens is 188 g/mol. The number of carbonyl (C=O) groups is 1. The Morgan fingerprint density at radius 3 is 2.80 bits per heavy atom. The van der Waals surface area contributed by atoms with Crippen LogP contribution >= 0.6 is 0 Å². The van der Waals surface area contributed by atoms with E-state index in [0.717, 1.165) is 35.1 Å². The topological polar surface area (TPSA) is 30.2 Å². The van der Waals surface area contributed by atoms with Gasteiger partial charge >= 0.3 is 0 Å². The Morgan fingerprint density at radius 1 is 1.33 bits per heavy atom. The number of fused-ring (bicyclic) bond motifs is 1. The van der Waals surface area contributed by atoms with E-state index in [1.807, 2.05) is 24.3 Å². The first-order valence-electron chi connectivity index (χ1n) is 5.24. The molecule has 2 rings (SSSR count). The number of Topliss-reactive ketones (excluding diaryl/α,β-unsaturated/α-hetero) is 1. The van der Waals surface area contributed by atoms with E-state index in [1.165, 1.54) is 0 Å². The summed E-state index contributed by atoms with van der Waals surface area (Å²) in [5, 5.41) is 1.02. The summed E-state index contributed by atoms with van der Waals surface area (Å²) in [5.74, 6) is 1.09. The van der Waals surface area contributed by atoms with Crippen LogP contribution in [0.15, 0.2) is 28.7 Å². The molecule has 0 spiro atoms. The molecule has 0 amide bonds. The van der Waals surface area contributed by atoms with Crippen molar-refractivity contribution in [3.05, 3.63) is 35.6 Å². The number of hydrogen-bond acceptors (Lipinski definition) is 2. The molecule has 0 bridgehead atoms. The molecule has 2 heteroatoms. The van der Waals surface area contributed by atoms with Gasteiger partial charge in [-0.15, -0.1) is 0 Å². The summed E-state index contributed by atoms with van der Waals surface area (Å²) in [6.07, 6.45) is 2.02. The van der Waals surface area contributed by atoms with Crippen molar-refractivity contribution in [3.8, 4) is 0 Å². The van der Waals surface area contributed by atoms with E-state index in [1.54, 1.807) is 6.92 Å². The van der Waals surface area contributed by atoms with Crippen LogP contribution in [0.5, 0.6) is 0 Å². The fourth-order valence-electron chi connectivity index (χ4n) is 1.69. The standard InChI is InChI=1S/C13H14O2/c1-3-4-12-8-11-7-10(9(2)14)5-6-13(11)15-12/h5-8H,3-4H2,1-2H3. The van der Waals surface area contributed by atoms with Gasteiger partial charge in [0, 0.05) is 17.4 Å². The van der Waals surface area contributed by atoms with Gasteiger partial charge in [-0.1, -0.05) is 6.92 Å². The molecule has 0 saturated carbocycles. The van der Waals surface area contributed by atoms with Gasteiger partial charge in [0.15, 0.2) is 5.78 Å².